The van der Waals surface area contributed by atoms with Crippen molar-refractivity contribution in [3.63, 3.8) is 0 Å². The summed E-state index contributed by atoms with van der Waals surface area (Å²) in [6.45, 7) is 9.70. The summed E-state index contributed by atoms with van der Waals surface area (Å²) in [6.07, 6.45) is 1.56. The standard InChI is InChI=1S/C17H28N2O/c1-13(2)18-11-15-5-7-16(8-6-15)19-10-9-14(3)17(12-19)20-4/h5-8,13-14,17-18H,9-12H2,1-4H3. The molecule has 3 heteroatoms. The molecular formula is C17H28N2O. The number of anilines is 1. The molecule has 1 fully saturated rings. The number of benzene rings is 1. The van der Waals surface area contributed by atoms with Crippen molar-refractivity contribution < 1.29 is 4.74 Å². The first kappa shape index (κ1) is 15.3. The Morgan fingerprint density at radius 2 is 2.00 bits per heavy atom. The average Bonchev–Trinajstić information content (AvgIpc) is 2.46. The number of rotatable bonds is 5. The van der Waals surface area contributed by atoms with Gasteiger partial charge in [-0.3, -0.25) is 0 Å². The van der Waals surface area contributed by atoms with E-state index in [1.165, 1.54) is 17.7 Å². The molecule has 3 nitrogen and oxygen atoms in total. The lowest BCUT2D eigenvalue weighted by molar-refractivity contribution is 0.0498. The van der Waals surface area contributed by atoms with Gasteiger partial charge < -0.3 is 15.0 Å². The minimum atomic E-state index is 0.353. The Kier molecular flexibility index (Phi) is 5.44. The highest BCUT2D eigenvalue weighted by atomic mass is 16.5. The third-order valence-electron chi connectivity index (χ3n) is 4.21. The van der Waals surface area contributed by atoms with E-state index >= 15 is 0 Å². The maximum Gasteiger partial charge on any atom is 0.0772 e. The molecule has 1 heterocycles. The van der Waals surface area contributed by atoms with Crippen LogP contribution in [0.4, 0.5) is 5.69 Å². The normalized spacial score (nSPS) is 23.4. The Morgan fingerprint density at radius 3 is 2.60 bits per heavy atom. The molecule has 0 bridgehead atoms. The maximum atomic E-state index is 5.59. The molecule has 2 rings (SSSR count). The highest BCUT2D eigenvalue weighted by Gasteiger charge is 2.25. The topological polar surface area (TPSA) is 24.5 Å². The molecule has 0 saturated carbocycles. The highest BCUT2D eigenvalue weighted by molar-refractivity contribution is 5.48. The molecule has 1 N–H and O–H groups in total. The van der Waals surface area contributed by atoms with E-state index in [1.807, 2.05) is 7.11 Å². The van der Waals surface area contributed by atoms with Crippen molar-refractivity contribution in [2.45, 2.75) is 45.9 Å². The van der Waals surface area contributed by atoms with Crippen LogP contribution in [-0.4, -0.2) is 32.3 Å². The summed E-state index contributed by atoms with van der Waals surface area (Å²) in [4.78, 5) is 2.44. The molecule has 1 aliphatic heterocycles. The fourth-order valence-electron chi connectivity index (χ4n) is 2.72. The summed E-state index contributed by atoms with van der Waals surface area (Å²) in [7, 11) is 1.82. The van der Waals surface area contributed by atoms with Gasteiger partial charge >= 0.3 is 0 Å². The number of nitrogens with zero attached hydrogens (tertiary/aromatic N) is 1. The minimum Gasteiger partial charge on any atom is -0.379 e. The van der Waals surface area contributed by atoms with Gasteiger partial charge in [0.2, 0.25) is 0 Å². The van der Waals surface area contributed by atoms with Crippen LogP contribution in [0.15, 0.2) is 24.3 Å². The number of nitrogens with one attached hydrogen (secondary N) is 1. The molecule has 1 saturated heterocycles. The van der Waals surface area contributed by atoms with E-state index in [1.54, 1.807) is 0 Å². The zero-order valence-corrected chi connectivity index (χ0v) is 13.2. The molecule has 0 aromatic heterocycles. The maximum absolute atomic E-state index is 5.59. The van der Waals surface area contributed by atoms with Gasteiger partial charge in [0.05, 0.1) is 6.10 Å². The van der Waals surface area contributed by atoms with Crippen LogP contribution in [-0.2, 0) is 11.3 Å². The molecule has 0 amide bonds. The predicted molar refractivity (Wildman–Crippen MR) is 85.2 cm³/mol. The van der Waals surface area contributed by atoms with E-state index in [2.05, 4.69) is 55.3 Å². The monoisotopic (exact) mass is 276 g/mol. The van der Waals surface area contributed by atoms with Crippen molar-refractivity contribution in [1.29, 1.82) is 0 Å². The van der Waals surface area contributed by atoms with Crippen LogP contribution in [0.3, 0.4) is 0 Å². The van der Waals surface area contributed by atoms with Crippen LogP contribution in [0.2, 0.25) is 0 Å². The van der Waals surface area contributed by atoms with Crippen molar-refractivity contribution in [2.24, 2.45) is 5.92 Å². The van der Waals surface area contributed by atoms with Crippen molar-refractivity contribution in [3.05, 3.63) is 29.8 Å². The van der Waals surface area contributed by atoms with E-state index in [0.717, 1.165) is 19.6 Å². The molecular weight excluding hydrogens is 248 g/mol. The lowest BCUT2D eigenvalue weighted by Crippen LogP contribution is -2.43. The number of hydrogen-bond acceptors (Lipinski definition) is 3. The number of piperidine rings is 1. The largest absolute Gasteiger partial charge is 0.379 e. The van der Waals surface area contributed by atoms with Gasteiger partial charge in [-0.1, -0.05) is 32.9 Å². The average molecular weight is 276 g/mol. The van der Waals surface area contributed by atoms with Crippen LogP contribution < -0.4 is 10.2 Å². The first-order chi connectivity index (χ1) is 9.60. The third kappa shape index (κ3) is 3.97. The van der Waals surface area contributed by atoms with E-state index in [-0.39, 0.29) is 0 Å². The molecule has 112 valence electrons. The van der Waals surface area contributed by atoms with Crippen molar-refractivity contribution >= 4 is 5.69 Å². The molecule has 1 aliphatic rings. The lowest BCUT2D eigenvalue weighted by Gasteiger charge is -2.37. The first-order valence-corrected chi connectivity index (χ1v) is 7.70. The van der Waals surface area contributed by atoms with E-state index in [4.69, 9.17) is 4.74 Å². The molecule has 2 unspecified atom stereocenters. The third-order valence-corrected chi connectivity index (χ3v) is 4.21. The quantitative estimate of drug-likeness (QED) is 0.894. The Labute approximate surface area is 123 Å². The van der Waals surface area contributed by atoms with Crippen molar-refractivity contribution in [3.8, 4) is 0 Å². The molecule has 1 aromatic rings. The van der Waals surface area contributed by atoms with Crippen LogP contribution in [0.5, 0.6) is 0 Å². The Morgan fingerprint density at radius 1 is 1.30 bits per heavy atom. The van der Waals surface area contributed by atoms with Crippen LogP contribution in [0, 0.1) is 5.92 Å². The van der Waals surface area contributed by atoms with Crippen molar-refractivity contribution in [1.82, 2.24) is 5.32 Å². The Hall–Kier alpha value is -1.06. The summed E-state index contributed by atoms with van der Waals surface area (Å²) >= 11 is 0. The second-order valence-corrected chi connectivity index (χ2v) is 6.19. The fourth-order valence-corrected chi connectivity index (χ4v) is 2.72. The number of hydrogen-bond donors (Lipinski definition) is 1. The summed E-state index contributed by atoms with van der Waals surface area (Å²) < 4.78 is 5.59. The SMILES string of the molecule is COC1CN(c2ccc(CNC(C)C)cc2)CCC1C. The molecule has 0 spiro atoms. The van der Waals surface area contributed by atoms with Gasteiger partial charge in [0.1, 0.15) is 0 Å². The highest BCUT2D eigenvalue weighted by Crippen LogP contribution is 2.25. The molecule has 0 radical (unpaired) electrons. The van der Waals surface area contributed by atoms with Crippen LogP contribution >= 0.6 is 0 Å². The summed E-state index contributed by atoms with van der Waals surface area (Å²) in [5.41, 5.74) is 2.66. The van der Waals surface area contributed by atoms with E-state index < -0.39 is 0 Å². The molecule has 0 aliphatic carbocycles. The second-order valence-electron chi connectivity index (χ2n) is 6.19. The first-order valence-electron chi connectivity index (χ1n) is 7.70. The number of ether oxygens (including phenoxy) is 1. The minimum absolute atomic E-state index is 0.353. The van der Waals surface area contributed by atoms with Crippen LogP contribution in [0.1, 0.15) is 32.8 Å². The second kappa shape index (κ2) is 7.09. The van der Waals surface area contributed by atoms with Gasteiger partial charge in [0, 0.05) is 38.5 Å². The Bertz CT molecular complexity index is 402. The van der Waals surface area contributed by atoms with Gasteiger partial charge in [-0.05, 0) is 30.0 Å². The fraction of sp³-hybridized carbons (Fsp3) is 0.647. The van der Waals surface area contributed by atoms with E-state index in [9.17, 15) is 0 Å². The zero-order chi connectivity index (χ0) is 14.5. The van der Waals surface area contributed by atoms with Gasteiger partial charge in [-0.2, -0.15) is 0 Å². The Balaban J connectivity index is 1.96. The van der Waals surface area contributed by atoms with E-state index in [0.29, 0.717) is 18.1 Å². The smallest absolute Gasteiger partial charge is 0.0772 e. The predicted octanol–water partition coefficient (Wildman–Crippen LogP) is 3.05. The molecule has 1 aromatic carbocycles. The van der Waals surface area contributed by atoms with Gasteiger partial charge in [-0.25, -0.2) is 0 Å². The number of methoxy groups -OCH3 is 1. The van der Waals surface area contributed by atoms with Crippen LogP contribution in [0.25, 0.3) is 0 Å². The molecule has 20 heavy (non-hydrogen) atoms. The van der Waals surface area contributed by atoms with Gasteiger partial charge in [0.15, 0.2) is 0 Å². The van der Waals surface area contributed by atoms with Gasteiger partial charge in [0.25, 0.3) is 0 Å². The zero-order valence-electron chi connectivity index (χ0n) is 13.2. The summed E-state index contributed by atoms with van der Waals surface area (Å²) in [6, 6.07) is 9.45. The van der Waals surface area contributed by atoms with Crippen molar-refractivity contribution in [2.75, 3.05) is 25.1 Å². The summed E-state index contributed by atoms with van der Waals surface area (Å²) in [5.74, 6) is 0.658. The molecule has 2 atom stereocenters. The lowest BCUT2D eigenvalue weighted by atomic mass is 9.95. The summed E-state index contributed by atoms with van der Waals surface area (Å²) in [5, 5.41) is 3.45. The van der Waals surface area contributed by atoms with Gasteiger partial charge in [-0.15, -0.1) is 0 Å².